The van der Waals surface area contributed by atoms with Crippen LogP contribution < -0.4 is 4.18 Å². The zero-order valence-corrected chi connectivity index (χ0v) is 17.5. The van der Waals surface area contributed by atoms with Crippen LogP contribution in [-0.4, -0.2) is 30.1 Å². The first-order valence-corrected chi connectivity index (χ1v) is 11.1. The molecule has 31 heavy (non-hydrogen) atoms. The van der Waals surface area contributed by atoms with Crippen molar-refractivity contribution in [2.24, 2.45) is 0 Å². The zero-order chi connectivity index (χ0) is 23.2. The lowest BCUT2D eigenvalue weighted by Crippen LogP contribution is -2.30. The molecule has 1 aromatic heterocycles. The maximum atomic E-state index is 13.4. The number of aromatic nitrogens is 2. The standard InChI is InChI=1S/C17H14F6N2O4S2/c1-8-3-4-11(16(18,19)20)9(5-8)13-6-12-10(7-28-13)14(25-15(24-12)30-2)29-31(26,27)17(21,22)23/h3-5,13H,6-7H2,1-2H3. The van der Waals surface area contributed by atoms with Gasteiger partial charge < -0.3 is 8.92 Å². The third-order valence-corrected chi connectivity index (χ3v) is 5.85. The summed E-state index contributed by atoms with van der Waals surface area (Å²) in [7, 11) is -6.01. The summed E-state index contributed by atoms with van der Waals surface area (Å²) in [5.41, 5.74) is -6.36. The fraction of sp³-hybridized carbons (Fsp3) is 0.412. The van der Waals surface area contributed by atoms with Gasteiger partial charge in [0.2, 0.25) is 5.88 Å². The number of hydrogen-bond donors (Lipinski definition) is 0. The minimum atomic E-state index is -6.01. The van der Waals surface area contributed by atoms with E-state index in [0.717, 1.165) is 17.8 Å². The Bertz CT molecular complexity index is 1100. The van der Waals surface area contributed by atoms with Crippen LogP contribution in [0.5, 0.6) is 5.88 Å². The van der Waals surface area contributed by atoms with Gasteiger partial charge in [-0.1, -0.05) is 29.5 Å². The first kappa shape index (κ1) is 23.6. The molecule has 2 aromatic rings. The van der Waals surface area contributed by atoms with Crippen molar-refractivity contribution in [1.29, 1.82) is 0 Å². The van der Waals surface area contributed by atoms with E-state index in [1.165, 1.54) is 18.4 Å². The Morgan fingerprint density at radius 2 is 1.84 bits per heavy atom. The van der Waals surface area contributed by atoms with Crippen molar-refractivity contribution in [3.63, 3.8) is 0 Å². The predicted molar refractivity (Wildman–Crippen MR) is 96.8 cm³/mol. The van der Waals surface area contributed by atoms with Crippen LogP contribution in [0.2, 0.25) is 0 Å². The van der Waals surface area contributed by atoms with Gasteiger partial charge in [-0.15, -0.1) is 0 Å². The third kappa shape index (κ3) is 4.90. The van der Waals surface area contributed by atoms with E-state index < -0.39 is 46.0 Å². The van der Waals surface area contributed by atoms with Crippen molar-refractivity contribution in [1.82, 2.24) is 9.97 Å². The second-order valence-corrected chi connectivity index (χ2v) is 8.83. The van der Waals surface area contributed by atoms with E-state index in [-0.39, 0.29) is 28.4 Å². The third-order valence-electron chi connectivity index (χ3n) is 4.36. The normalized spacial score (nSPS) is 17.4. The summed E-state index contributed by atoms with van der Waals surface area (Å²) in [5.74, 6) is -0.870. The molecule has 14 heteroatoms. The lowest BCUT2D eigenvalue weighted by atomic mass is 9.94. The Morgan fingerprint density at radius 1 is 1.16 bits per heavy atom. The highest BCUT2D eigenvalue weighted by atomic mass is 32.2. The largest absolute Gasteiger partial charge is 0.534 e. The highest BCUT2D eigenvalue weighted by molar-refractivity contribution is 7.98. The van der Waals surface area contributed by atoms with Crippen molar-refractivity contribution >= 4 is 21.9 Å². The van der Waals surface area contributed by atoms with Gasteiger partial charge in [0.05, 0.1) is 29.5 Å². The molecule has 1 aliphatic heterocycles. The molecule has 0 bridgehead atoms. The Morgan fingerprint density at radius 3 is 2.42 bits per heavy atom. The van der Waals surface area contributed by atoms with Crippen molar-refractivity contribution in [2.75, 3.05) is 6.26 Å². The second kappa shape index (κ2) is 8.13. The van der Waals surface area contributed by atoms with Crippen molar-refractivity contribution in [3.05, 3.63) is 46.1 Å². The van der Waals surface area contributed by atoms with Crippen LogP contribution in [-0.2, 0) is 34.1 Å². The summed E-state index contributed by atoms with van der Waals surface area (Å²) >= 11 is 0.897. The molecule has 0 spiro atoms. The molecular weight excluding hydrogens is 474 g/mol. The van der Waals surface area contributed by atoms with Gasteiger partial charge in [-0.3, -0.25) is 0 Å². The van der Waals surface area contributed by atoms with Crippen LogP contribution in [0.25, 0.3) is 0 Å². The second-order valence-electron chi connectivity index (χ2n) is 6.52. The monoisotopic (exact) mass is 488 g/mol. The van der Waals surface area contributed by atoms with Gasteiger partial charge in [0.1, 0.15) is 0 Å². The molecule has 2 heterocycles. The van der Waals surface area contributed by atoms with Gasteiger partial charge in [-0.2, -0.15) is 39.7 Å². The first-order chi connectivity index (χ1) is 14.2. The van der Waals surface area contributed by atoms with Gasteiger partial charge >= 0.3 is 21.8 Å². The maximum Gasteiger partial charge on any atom is 0.534 e. The SMILES string of the molecule is CSc1nc2c(c(OS(=O)(=O)C(F)(F)F)n1)COC(c1cc(C)ccc1C(F)(F)F)C2. The number of alkyl halides is 6. The molecule has 1 aliphatic rings. The fourth-order valence-corrected chi connectivity index (χ4v) is 3.75. The minimum Gasteiger partial charge on any atom is -0.368 e. The van der Waals surface area contributed by atoms with Gasteiger partial charge in [-0.05, 0) is 24.8 Å². The number of ether oxygens (including phenoxy) is 1. The number of thioether (sulfide) groups is 1. The van der Waals surface area contributed by atoms with E-state index >= 15 is 0 Å². The Kier molecular flexibility index (Phi) is 6.19. The molecule has 0 saturated heterocycles. The molecule has 0 aliphatic carbocycles. The molecule has 6 nitrogen and oxygen atoms in total. The number of rotatable bonds is 4. The molecule has 0 amide bonds. The number of hydrogen-bond acceptors (Lipinski definition) is 7. The number of nitrogens with zero attached hydrogens (tertiary/aromatic N) is 2. The van der Waals surface area contributed by atoms with Crippen molar-refractivity contribution < 1.29 is 43.7 Å². The molecule has 1 atom stereocenters. The lowest BCUT2D eigenvalue weighted by molar-refractivity contribution is -0.139. The van der Waals surface area contributed by atoms with Crippen LogP contribution in [0, 0.1) is 6.92 Å². The zero-order valence-electron chi connectivity index (χ0n) is 15.8. The number of fused-ring (bicyclic) bond motifs is 1. The molecule has 1 aromatic carbocycles. The van der Waals surface area contributed by atoms with E-state index in [1.54, 1.807) is 6.92 Å². The van der Waals surface area contributed by atoms with Gasteiger partial charge in [0, 0.05) is 6.42 Å². The molecule has 0 N–H and O–H groups in total. The average molecular weight is 488 g/mol. The van der Waals surface area contributed by atoms with Crippen molar-refractivity contribution in [3.8, 4) is 5.88 Å². The molecule has 0 radical (unpaired) electrons. The van der Waals surface area contributed by atoms with E-state index in [0.29, 0.717) is 5.56 Å². The molecular formula is C17H14F6N2O4S2. The van der Waals surface area contributed by atoms with Crippen molar-refractivity contribution in [2.45, 2.75) is 42.9 Å². The summed E-state index contributed by atoms with van der Waals surface area (Å²) in [6.07, 6.45) is -4.53. The smallest absolute Gasteiger partial charge is 0.368 e. The number of aryl methyl sites for hydroxylation is 1. The van der Waals surface area contributed by atoms with Crippen LogP contribution in [0.1, 0.15) is 34.1 Å². The lowest BCUT2D eigenvalue weighted by Gasteiger charge is -2.28. The Balaban J connectivity index is 2.04. The summed E-state index contributed by atoms with van der Waals surface area (Å²) in [6.45, 7) is 1.06. The first-order valence-electron chi connectivity index (χ1n) is 8.47. The van der Waals surface area contributed by atoms with E-state index in [1.807, 2.05) is 0 Å². The highest BCUT2D eigenvalue weighted by Crippen LogP contribution is 2.41. The summed E-state index contributed by atoms with van der Waals surface area (Å²) in [6, 6.07) is 3.52. The number of halogens is 6. The Labute approximate surface area is 177 Å². The van der Waals surface area contributed by atoms with Crippen LogP contribution in [0.3, 0.4) is 0 Å². The molecule has 170 valence electrons. The average Bonchev–Trinajstić information content (AvgIpc) is 2.65. The van der Waals surface area contributed by atoms with Crippen LogP contribution in [0.4, 0.5) is 26.3 Å². The van der Waals surface area contributed by atoms with Gasteiger partial charge in [-0.25, -0.2) is 4.98 Å². The van der Waals surface area contributed by atoms with Gasteiger partial charge in [0.15, 0.2) is 5.16 Å². The number of benzene rings is 1. The van der Waals surface area contributed by atoms with Crippen LogP contribution in [0.15, 0.2) is 23.4 Å². The molecule has 1 unspecified atom stereocenters. The molecule has 3 rings (SSSR count). The minimum absolute atomic E-state index is 0.0394. The van der Waals surface area contributed by atoms with Crippen LogP contribution >= 0.6 is 11.8 Å². The topological polar surface area (TPSA) is 78.4 Å². The fourth-order valence-electron chi connectivity index (χ4n) is 2.94. The summed E-state index contributed by atoms with van der Waals surface area (Å²) in [4.78, 5) is 7.77. The summed E-state index contributed by atoms with van der Waals surface area (Å²) < 4.78 is 111. The van der Waals surface area contributed by atoms with E-state index in [4.69, 9.17) is 4.74 Å². The molecule has 0 saturated carbocycles. The predicted octanol–water partition coefficient (Wildman–Crippen LogP) is 4.57. The quantitative estimate of drug-likeness (QED) is 0.205. The van der Waals surface area contributed by atoms with E-state index in [2.05, 4.69) is 14.2 Å². The summed E-state index contributed by atoms with van der Waals surface area (Å²) in [5, 5.41) is -0.105. The van der Waals surface area contributed by atoms with Gasteiger partial charge in [0.25, 0.3) is 0 Å². The highest BCUT2D eigenvalue weighted by Gasteiger charge is 2.49. The Hall–Kier alpha value is -2.06. The maximum absolute atomic E-state index is 13.4. The molecule has 0 fully saturated rings. The van der Waals surface area contributed by atoms with E-state index in [9.17, 15) is 34.8 Å².